The van der Waals surface area contributed by atoms with Gasteiger partial charge in [0.2, 0.25) is 5.91 Å². The second kappa shape index (κ2) is 10.2. The molecule has 1 unspecified atom stereocenters. The molecule has 0 heterocycles. The van der Waals surface area contributed by atoms with Gasteiger partial charge in [0, 0.05) is 12.0 Å². The Kier molecular flexibility index (Phi) is 8.25. The third kappa shape index (κ3) is 7.09. The van der Waals surface area contributed by atoms with Crippen molar-refractivity contribution in [3.63, 3.8) is 0 Å². The molecule has 6 heteroatoms. The predicted octanol–water partition coefficient (Wildman–Crippen LogP) is 2.58. The Hall–Kier alpha value is -2.63. The first kappa shape index (κ1) is 19.4. The van der Waals surface area contributed by atoms with E-state index in [0.29, 0.717) is 24.3 Å². The molecule has 0 saturated heterocycles. The van der Waals surface area contributed by atoms with Crippen molar-refractivity contribution in [2.45, 2.75) is 39.2 Å². The number of carbonyl (C=O) groups is 3. The van der Waals surface area contributed by atoms with Gasteiger partial charge in [-0.2, -0.15) is 0 Å². The molecule has 0 fully saturated rings. The number of carbonyl (C=O) groups excluding carboxylic acids is 2. The molecule has 1 rings (SSSR count). The number of allylic oxidation sites excluding steroid dienone is 1. The van der Waals surface area contributed by atoms with E-state index in [4.69, 9.17) is 9.84 Å². The van der Waals surface area contributed by atoms with E-state index in [1.807, 2.05) is 0 Å². The second-order valence-electron chi connectivity index (χ2n) is 5.30. The molecule has 130 valence electrons. The number of rotatable bonds is 10. The number of ketones is 1. The summed E-state index contributed by atoms with van der Waals surface area (Å²) in [5.74, 6) is -0.855. The number of carboxylic acid groups (broad SMARTS) is 1. The molecule has 0 aliphatic carbocycles. The van der Waals surface area contributed by atoms with Crippen molar-refractivity contribution >= 4 is 17.7 Å². The van der Waals surface area contributed by atoms with Crippen LogP contribution in [0.5, 0.6) is 5.75 Å². The van der Waals surface area contributed by atoms with Gasteiger partial charge in [-0.1, -0.05) is 24.3 Å². The Bertz CT molecular complexity index is 609. The van der Waals surface area contributed by atoms with Crippen LogP contribution in [0.15, 0.2) is 36.4 Å². The third-order valence-electron chi connectivity index (χ3n) is 3.30. The van der Waals surface area contributed by atoms with Crippen LogP contribution in [0.1, 0.15) is 43.5 Å². The molecular formula is C18H23NO5. The van der Waals surface area contributed by atoms with Gasteiger partial charge in [-0.3, -0.25) is 9.59 Å². The topological polar surface area (TPSA) is 92.7 Å². The van der Waals surface area contributed by atoms with Gasteiger partial charge in [0.15, 0.2) is 5.78 Å². The summed E-state index contributed by atoms with van der Waals surface area (Å²) < 4.78 is 5.50. The van der Waals surface area contributed by atoms with Crippen molar-refractivity contribution in [3.05, 3.63) is 42.0 Å². The standard InChI is InChI=1S/C18H23NO5/c1-3-4-9-16(18(22)23)19-17(21)10-6-11-24-15-8-5-7-14(12-15)13(2)20/h3-5,7-8,12,16H,6,9-11H2,1-2H3,(H,19,21)(H,22,23)/b4-3+. The fourth-order valence-electron chi connectivity index (χ4n) is 1.99. The van der Waals surface area contributed by atoms with Gasteiger partial charge in [0.25, 0.3) is 0 Å². The molecule has 0 bridgehead atoms. The molecule has 24 heavy (non-hydrogen) atoms. The fraction of sp³-hybridized carbons (Fsp3) is 0.389. The average molecular weight is 333 g/mol. The molecule has 0 aliphatic rings. The molecule has 1 amide bonds. The van der Waals surface area contributed by atoms with E-state index in [1.54, 1.807) is 43.3 Å². The highest BCUT2D eigenvalue weighted by Crippen LogP contribution is 2.14. The minimum absolute atomic E-state index is 0.0410. The van der Waals surface area contributed by atoms with Crippen LogP contribution in [0.3, 0.4) is 0 Å². The summed E-state index contributed by atoms with van der Waals surface area (Å²) in [5, 5.41) is 11.5. The summed E-state index contributed by atoms with van der Waals surface area (Å²) in [6, 6.07) is 5.92. The third-order valence-corrected chi connectivity index (χ3v) is 3.30. The molecule has 0 spiro atoms. The Labute approximate surface area is 141 Å². The van der Waals surface area contributed by atoms with E-state index < -0.39 is 12.0 Å². The van der Waals surface area contributed by atoms with E-state index in [1.165, 1.54) is 6.92 Å². The SMILES string of the molecule is C/C=C/CC(NC(=O)CCCOc1cccc(C(C)=O)c1)C(=O)O. The molecule has 0 radical (unpaired) electrons. The zero-order chi connectivity index (χ0) is 17.9. The zero-order valence-electron chi connectivity index (χ0n) is 14.0. The van der Waals surface area contributed by atoms with Crippen LogP contribution < -0.4 is 10.1 Å². The van der Waals surface area contributed by atoms with Crippen LogP contribution in [-0.2, 0) is 9.59 Å². The molecule has 1 atom stereocenters. The van der Waals surface area contributed by atoms with Gasteiger partial charge in [-0.25, -0.2) is 4.79 Å². The first-order chi connectivity index (χ1) is 11.4. The highest BCUT2D eigenvalue weighted by Gasteiger charge is 2.17. The van der Waals surface area contributed by atoms with Gasteiger partial charge < -0.3 is 15.2 Å². The highest BCUT2D eigenvalue weighted by atomic mass is 16.5. The minimum atomic E-state index is -1.06. The number of hydrogen-bond acceptors (Lipinski definition) is 4. The lowest BCUT2D eigenvalue weighted by atomic mass is 10.1. The summed E-state index contributed by atoms with van der Waals surface area (Å²) in [4.78, 5) is 34.1. The van der Waals surface area contributed by atoms with Crippen LogP contribution in [0.2, 0.25) is 0 Å². The summed E-state index contributed by atoms with van der Waals surface area (Å²) in [5.41, 5.74) is 0.568. The van der Waals surface area contributed by atoms with Crippen molar-refractivity contribution in [1.29, 1.82) is 0 Å². The van der Waals surface area contributed by atoms with Crippen LogP contribution in [-0.4, -0.2) is 35.4 Å². The summed E-state index contributed by atoms with van der Waals surface area (Å²) >= 11 is 0. The number of ether oxygens (including phenoxy) is 1. The molecular weight excluding hydrogens is 310 g/mol. The van der Waals surface area contributed by atoms with Gasteiger partial charge in [-0.15, -0.1) is 0 Å². The zero-order valence-corrected chi connectivity index (χ0v) is 14.0. The Morgan fingerprint density at radius 1 is 1.33 bits per heavy atom. The van der Waals surface area contributed by atoms with Crippen molar-refractivity contribution in [2.75, 3.05) is 6.61 Å². The van der Waals surface area contributed by atoms with Crippen molar-refractivity contribution in [1.82, 2.24) is 5.32 Å². The van der Waals surface area contributed by atoms with Crippen LogP contribution >= 0.6 is 0 Å². The quantitative estimate of drug-likeness (QED) is 0.390. The molecule has 2 N–H and O–H groups in total. The van der Waals surface area contributed by atoms with E-state index in [0.717, 1.165) is 0 Å². The number of nitrogens with one attached hydrogen (secondary N) is 1. The molecule has 6 nitrogen and oxygen atoms in total. The van der Waals surface area contributed by atoms with Crippen molar-refractivity contribution < 1.29 is 24.2 Å². The smallest absolute Gasteiger partial charge is 0.326 e. The lowest BCUT2D eigenvalue weighted by Crippen LogP contribution is -2.40. The maximum absolute atomic E-state index is 11.8. The van der Waals surface area contributed by atoms with Crippen LogP contribution in [0, 0.1) is 0 Å². The number of carboxylic acids is 1. The van der Waals surface area contributed by atoms with E-state index in [9.17, 15) is 14.4 Å². The van der Waals surface area contributed by atoms with Gasteiger partial charge >= 0.3 is 5.97 Å². The Balaban J connectivity index is 2.36. The maximum atomic E-state index is 11.8. The normalized spacial score (nSPS) is 11.9. The van der Waals surface area contributed by atoms with E-state index in [2.05, 4.69) is 5.32 Å². The number of amides is 1. The minimum Gasteiger partial charge on any atom is -0.494 e. The van der Waals surface area contributed by atoms with Crippen LogP contribution in [0.4, 0.5) is 0 Å². The van der Waals surface area contributed by atoms with Crippen molar-refractivity contribution in [3.8, 4) is 5.75 Å². The van der Waals surface area contributed by atoms with Crippen molar-refractivity contribution in [2.24, 2.45) is 0 Å². The largest absolute Gasteiger partial charge is 0.494 e. The molecule has 1 aromatic rings. The van der Waals surface area contributed by atoms with Gasteiger partial charge in [0.1, 0.15) is 11.8 Å². The lowest BCUT2D eigenvalue weighted by Gasteiger charge is -2.12. The molecule has 0 aliphatic heterocycles. The highest BCUT2D eigenvalue weighted by molar-refractivity contribution is 5.94. The van der Waals surface area contributed by atoms with Crippen LogP contribution in [0.25, 0.3) is 0 Å². The fourth-order valence-corrected chi connectivity index (χ4v) is 1.99. The average Bonchev–Trinajstić information content (AvgIpc) is 2.55. The number of aliphatic carboxylic acids is 1. The first-order valence-corrected chi connectivity index (χ1v) is 7.81. The monoisotopic (exact) mass is 333 g/mol. The predicted molar refractivity (Wildman–Crippen MR) is 90.2 cm³/mol. The summed E-state index contributed by atoms with van der Waals surface area (Å²) in [6.07, 6.45) is 4.32. The molecule has 0 saturated carbocycles. The second-order valence-corrected chi connectivity index (χ2v) is 5.30. The lowest BCUT2D eigenvalue weighted by molar-refractivity contribution is -0.141. The van der Waals surface area contributed by atoms with Gasteiger partial charge in [0.05, 0.1) is 6.61 Å². The van der Waals surface area contributed by atoms with Gasteiger partial charge in [-0.05, 0) is 38.8 Å². The van der Waals surface area contributed by atoms with E-state index >= 15 is 0 Å². The molecule has 0 aromatic heterocycles. The molecule has 1 aromatic carbocycles. The maximum Gasteiger partial charge on any atom is 0.326 e. The number of hydrogen-bond donors (Lipinski definition) is 2. The Morgan fingerprint density at radius 3 is 2.71 bits per heavy atom. The number of Topliss-reactive ketones (excluding diaryl/α,β-unsaturated/α-hetero) is 1. The Morgan fingerprint density at radius 2 is 2.08 bits per heavy atom. The van der Waals surface area contributed by atoms with E-state index in [-0.39, 0.29) is 24.5 Å². The summed E-state index contributed by atoms with van der Waals surface area (Å²) in [7, 11) is 0. The summed E-state index contributed by atoms with van der Waals surface area (Å²) in [6.45, 7) is 3.58. The first-order valence-electron chi connectivity index (χ1n) is 7.81. The number of benzene rings is 1.